The number of amidine groups is 1. The Labute approximate surface area is 202 Å². The van der Waals surface area contributed by atoms with Crippen LogP contribution in [0, 0.1) is 29.9 Å². The molecule has 1 aliphatic rings. The Morgan fingerprint density at radius 1 is 1.12 bits per heavy atom. The van der Waals surface area contributed by atoms with Gasteiger partial charge >= 0.3 is 0 Å². The Morgan fingerprint density at radius 3 is 2.50 bits per heavy atom. The van der Waals surface area contributed by atoms with Gasteiger partial charge in [-0.15, -0.1) is 0 Å². The second kappa shape index (κ2) is 9.69. The number of hydrogen-bond acceptors (Lipinski definition) is 6. The van der Waals surface area contributed by atoms with Gasteiger partial charge in [0.15, 0.2) is 5.17 Å². The monoisotopic (exact) mass is 475 g/mol. The summed E-state index contributed by atoms with van der Waals surface area (Å²) >= 11 is 1.33. The topological polar surface area (TPSA) is 89.0 Å². The van der Waals surface area contributed by atoms with Crippen LogP contribution in [0.3, 0.4) is 0 Å². The molecule has 2 heterocycles. The maximum Gasteiger partial charge on any atom is 0.269 e. The van der Waals surface area contributed by atoms with E-state index >= 15 is 0 Å². The zero-order chi connectivity index (χ0) is 24.4. The van der Waals surface area contributed by atoms with E-state index in [1.807, 2.05) is 31.2 Å². The molecule has 1 aromatic heterocycles. The van der Waals surface area contributed by atoms with Crippen LogP contribution in [0.4, 0.5) is 11.4 Å². The summed E-state index contributed by atoms with van der Waals surface area (Å²) in [5.41, 5.74) is 3.49. The number of thioether (sulfide) groups is 1. The van der Waals surface area contributed by atoms with Crippen LogP contribution >= 0.6 is 11.8 Å². The summed E-state index contributed by atoms with van der Waals surface area (Å²) in [4.78, 5) is 30.7. The molecule has 0 unspecified atom stereocenters. The Morgan fingerprint density at radius 2 is 1.85 bits per heavy atom. The standard InChI is InChI=1S/C26H25N3O4S/c1-16(2)15-28-25(30)24(34-26(28)27-19-7-5-17(3)6-8-19)14-21-10-12-23(33-21)22-11-9-20(29(31)32)13-18(22)4/h5-14,16H,15H2,1-4H3/b24-14+,27-26?. The quantitative estimate of drug-likeness (QED) is 0.224. The molecule has 0 saturated carbocycles. The maximum atomic E-state index is 13.2. The fourth-order valence-corrected chi connectivity index (χ4v) is 4.58. The first-order chi connectivity index (χ1) is 16.2. The molecule has 4 rings (SSSR count). The van der Waals surface area contributed by atoms with Gasteiger partial charge in [-0.05, 0) is 67.4 Å². The molecule has 7 nitrogen and oxygen atoms in total. The van der Waals surface area contributed by atoms with Gasteiger partial charge in [-0.25, -0.2) is 4.99 Å². The van der Waals surface area contributed by atoms with Crippen LogP contribution in [0.1, 0.15) is 30.7 Å². The Bertz CT molecular complexity index is 1310. The molecule has 1 aliphatic heterocycles. The Kier molecular flexibility index (Phi) is 6.70. The van der Waals surface area contributed by atoms with Crippen molar-refractivity contribution in [1.29, 1.82) is 0 Å². The molecule has 34 heavy (non-hydrogen) atoms. The molecule has 0 aliphatic carbocycles. The van der Waals surface area contributed by atoms with Crippen molar-refractivity contribution in [1.82, 2.24) is 4.90 Å². The molecule has 0 radical (unpaired) electrons. The summed E-state index contributed by atoms with van der Waals surface area (Å²) < 4.78 is 5.97. The van der Waals surface area contributed by atoms with Crippen molar-refractivity contribution < 1.29 is 14.1 Å². The van der Waals surface area contributed by atoms with Gasteiger partial charge in [0.1, 0.15) is 11.5 Å². The fraction of sp³-hybridized carbons (Fsp3) is 0.231. The van der Waals surface area contributed by atoms with Gasteiger partial charge in [-0.1, -0.05) is 31.5 Å². The number of carbonyl (C=O) groups excluding carboxylic acids is 1. The molecule has 174 valence electrons. The third-order valence-corrected chi connectivity index (χ3v) is 6.29. The summed E-state index contributed by atoms with van der Waals surface area (Å²) in [6, 6.07) is 16.1. The third kappa shape index (κ3) is 5.12. The third-order valence-electron chi connectivity index (χ3n) is 5.28. The summed E-state index contributed by atoms with van der Waals surface area (Å²) in [6.07, 6.45) is 1.72. The number of furan rings is 1. The van der Waals surface area contributed by atoms with E-state index in [0.717, 1.165) is 22.4 Å². The molecule has 1 saturated heterocycles. The number of hydrogen-bond donors (Lipinski definition) is 0. The van der Waals surface area contributed by atoms with Crippen molar-refractivity contribution in [3.8, 4) is 11.3 Å². The minimum Gasteiger partial charge on any atom is -0.457 e. The maximum absolute atomic E-state index is 13.2. The van der Waals surface area contributed by atoms with Gasteiger partial charge in [-0.2, -0.15) is 0 Å². The number of aliphatic imine (C=N–C) groups is 1. The minimum atomic E-state index is -0.420. The van der Waals surface area contributed by atoms with Crippen LogP contribution in [0.2, 0.25) is 0 Å². The lowest BCUT2D eigenvalue weighted by molar-refractivity contribution is -0.384. The number of non-ortho nitro benzene ring substituents is 1. The number of nitrogens with zero attached hydrogens (tertiary/aromatic N) is 3. The zero-order valence-electron chi connectivity index (χ0n) is 19.4. The molecule has 0 spiro atoms. The molecule has 0 N–H and O–H groups in total. The lowest BCUT2D eigenvalue weighted by Crippen LogP contribution is -2.32. The van der Waals surface area contributed by atoms with E-state index < -0.39 is 4.92 Å². The highest BCUT2D eigenvalue weighted by atomic mass is 32.2. The fourth-order valence-electron chi connectivity index (χ4n) is 3.59. The van der Waals surface area contributed by atoms with Crippen molar-refractivity contribution >= 4 is 40.3 Å². The van der Waals surface area contributed by atoms with Crippen LogP contribution in [0.15, 0.2) is 68.9 Å². The molecule has 0 bridgehead atoms. The number of amides is 1. The smallest absolute Gasteiger partial charge is 0.269 e. The van der Waals surface area contributed by atoms with E-state index in [2.05, 4.69) is 13.8 Å². The SMILES string of the molecule is Cc1ccc(N=C2S/C(=C/c3ccc(-c4ccc([N+](=O)[O-])cc4C)o3)C(=O)N2CC(C)C)cc1. The highest BCUT2D eigenvalue weighted by Gasteiger charge is 2.34. The lowest BCUT2D eigenvalue weighted by atomic mass is 10.1. The summed E-state index contributed by atoms with van der Waals surface area (Å²) in [6.45, 7) is 8.52. The van der Waals surface area contributed by atoms with Crippen LogP contribution in [-0.4, -0.2) is 27.4 Å². The molecule has 3 aromatic rings. The lowest BCUT2D eigenvalue weighted by Gasteiger charge is -2.17. The summed E-state index contributed by atoms with van der Waals surface area (Å²) in [5.74, 6) is 1.30. The van der Waals surface area contributed by atoms with E-state index in [9.17, 15) is 14.9 Å². The predicted octanol–water partition coefficient (Wildman–Crippen LogP) is 6.73. The first-order valence-corrected chi connectivity index (χ1v) is 11.7. The van der Waals surface area contributed by atoms with Crippen molar-refractivity contribution in [2.24, 2.45) is 10.9 Å². The van der Waals surface area contributed by atoms with Gasteiger partial charge in [-0.3, -0.25) is 19.8 Å². The van der Waals surface area contributed by atoms with Gasteiger partial charge < -0.3 is 4.42 Å². The number of rotatable bonds is 6. The number of benzene rings is 2. The van der Waals surface area contributed by atoms with Crippen LogP contribution in [0.25, 0.3) is 17.4 Å². The van der Waals surface area contributed by atoms with Gasteiger partial charge in [0.05, 0.1) is 15.5 Å². The summed E-state index contributed by atoms with van der Waals surface area (Å²) in [7, 11) is 0. The van der Waals surface area contributed by atoms with Gasteiger partial charge in [0.25, 0.3) is 11.6 Å². The number of aryl methyl sites for hydroxylation is 2. The highest BCUT2D eigenvalue weighted by molar-refractivity contribution is 8.18. The van der Waals surface area contributed by atoms with Crippen LogP contribution in [-0.2, 0) is 4.79 Å². The zero-order valence-corrected chi connectivity index (χ0v) is 20.3. The van der Waals surface area contributed by atoms with Gasteiger partial charge in [0.2, 0.25) is 0 Å². The van der Waals surface area contributed by atoms with E-state index in [1.165, 1.54) is 23.9 Å². The van der Waals surface area contributed by atoms with Crippen molar-refractivity contribution in [2.45, 2.75) is 27.7 Å². The Balaban J connectivity index is 1.63. The van der Waals surface area contributed by atoms with E-state index in [4.69, 9.17) is 9.41 Å². The molecule has 1 amide bonds. The van der Waals surface area contributed by atoms with E-state index in [1.54, 1.807) is 36.1 Å². The summed E-state index contributed by atoms with van der Waals surface area (Å²) in [5, 5.41) is 11.7. The second-order valence-electron chi connectivity index (χ2n) is 8.61. The first kappa shape index (κ1) is 23.5. The Hall–Kier alpha value is -3.65. The molecule has 2 aromatic carbocycles. The number of nitro benzene ring substituents is 1. The molecule has 8 heteroatoms. The predicted molar refractivity (Wildman–Crippen MR) is 136 cm³/mol. The number of nitro groups is 1. The minimum absolute atomic E-state index is 0.0359. The molecule has 0 atom stereocenters. The molecular weight excluding hydrogens is 450 g/mol. The molecule has 1 fully saturated rings. The van der Waals surface area contributed by atoms with E-state index in [0.29, 0.717) is 28.1 Å². The highest BCUT2D eigenvalue weighted by Crippen LogP contribution is 2.36. The normalized spacial score (nSPS) is 16.3. The average molecular weight is 476 g/mol. The van der Waals surface area contributed by atoms with Gasteiger partial charge in [0, 0.05) is 30.3 Å². The first-order valence-electron chi connectivity index (χ1n) is 10.9. The molecular formula is C26H25N3O4S. The number of carbonyl (C=O) groups is 1. The second-order valence-corrected chi connectivity index (χ2v) is 9.62. The van der Waals surface area contributed by atoms with Crippen molar-refractivity contribution in [3.63, 3.8) is 0 Å². The largest absolute Gasteiger partial charge is 0.457 e. The van der Waals surface area contributed by atoms with Crippen molar-refractivity contribution in [2.75, 3.05) is 6.54 Å². The van der Waals surface area contributed by atoms with Crippen molar-refractivity contribution in [3.05, 3.63) is 86.5 Å². The van der Waals surface area contributed by atoms with Crippen LogP contribution in [0.5, 0.6) is 0 Å². The average Bonchev–Trinajstić information content (AvgIpc) is 3.35. The van der Waals surface area contributed by atoms with E-state index in [-0.39, 0.29) is 17.5 Å². The van der Waals surface area contributed by atoms with Crippen LogP contribution < -0.4 is 0 Å².